The molecular formula is C60H38N4O2. The van der Waals surface area contributed by atoms with Crippen LogP contribution in [0.4, 0.5) is 0 Å². The van der Waals surface area contributed by atoms with E-state index in [0.29, 0.717) is 17.5 Å². The van der Waals surface area contributed by atoms with Crippen LogP contribution in [0.2, 0.25) is 0 Å². The van der Waals surface area contributed by atoms with Crippen molar-refractivity contribution in [2.24, 2.45) is 0 Å². The summed E-state index contributed by atoms with van der Waals surface area (Å²) in [5.41, 5.74) is 16.4. The molecule has 6 nitrogen and oxygen atoms in total. The first kappa shape index (κ1) is 36.8. The molecule has 6 heteroatoms. The molecular weight excluding hydrogens is 809 g/mol. The lowest BCUT2D eigenvalue weighted by Crippen LogP contribution is -2.15. The summed E-state index contributed by atoms with van der Waals surface area (Å²) in [5.74, 6) is 1.82. The summed E-state index contributed by atoms with van der Waals surface area (Å²) in [6.45, 7) is 4.60. The predicted molar refractivity (Wildman–Crippen MR) is 268 cm³/mol. The molecule has 310 valence electrons. The summed E-state index contributed by atoms with van der Waals surface area (Å²) < 4.78 is 15.8. The number of para-hydroxylation sites is 3. The minimum atomic E-state index is -0.166. The van der Waals surface area contributed by atoms with Gasteiger partial charge in [0.1, 0.15) is 16.7 Å². The molecule has 0 saturated carbocycles. The van der Waals surface area contributed by atoms with Crippen LogP contribution in [-0.4, -0.2) is 19.5 Å². The molecule has 13 aromatic rings. The molecule has 0 spiro atoms. The highest BCUT2D eigenvalue weighted by Crippen LogP contribution is 2.50. The first-order valence-electron chi connectivity index (χ1n) is 22.4. The number of hydrogen-bond acceptors (Lipinski definition) is 5. The Morgan fingerprint density at radius 1 is 0.379 bits per heavy atom. The zero-order chi connectivity index (χ0) is 43.7. The maximum atomic E-state index is 6.87. The molecule has 0 aliphatic heterocycles. The molecule has 0 atom stereocenters. The van der Waals surface area contributed by atoms with E-state index in [-0.39, 0.29) is 5.41 Å². The molecule has 0 saturated heterocycles. The summed E-state index contributed by atoms with van der Waals surface area (Å²) in [6.07, 6.45) is 0. The van der Waals surface area contributed by atoms with Gasteiger partial charge in [-0.05, 0) is 81.9 Å². The second kappa shape index (κ2) is 13.7. The third-order valence-corrected chi connectivity index (χ3v) is 13.9. The lowest BCUT2D eigenvalue weighted by Gasteiger charge is -2.21. The van der Waals surface area contributed by atoms with E-state index in [2.05, 4.69) is 182 Å². The first-order chi connectivity index (χ1) is 32.5. The van der Waals surface area contributed by atoms with Gasteiger partial charge < -0.3 is 13.4 Å². The van der Waals surface area contributed by atoms with Gasteiger partial charge in [-0.3, -0.25) is 0 Å². The summed E-state index contributed by atoms with van der Waals surface area (Å²) in [7, 11) is 0. The van der Waals surface area contributed by atoms with E-state index < -0.39 is 0 Å². The fourth-order valence-corrected chi connectivity index (χ4v) is 10.8. The minimum Gasteiger partial charge on any atom is -0.456 e. The maximum Gasteiger partial charge on any atom is 0.164 e. The van der Waals surface area contributed by atoms with Gasteiger partial charge in [0.25, 0.3) is 0 Å². The Balaban J connectivity index is 0.946. The Labute approximate surface area is 379 Å². The van der Waals surface area contributed by atoms with Crippen LogP contribution < -0.4 is 0 Å². The number of fused-ring (bicyclic) bond motifs is 12. The summed E-state index contributed by atoms with van der Waals surface area (Å²) in [5, 5.41) is 6.49. The number of nitrogens with zero attached hydrogens (tertiary/aromatic N) is 4. The van der Waals surface area contributed by atoms with Crippen LogP contribution in [0.5, 0.6) is 0 Å². The van der Waals surface area contributed by atoms with Crippen molar-refractivity contribution in [3.8, 4) is 62.1 Å². The van der Waals surface area contributed by atoms with Crippen LogP contribution in [0.15, 0.2) is 203 Å². The smallest absolute Gasteiger partial charge is 0.164 e. The van der Waals surface area contributed by atoms with Crippen molar-refractivity contribution < 1.29 is 8.83 Å². The highest BCUT2D eigenvalue weighted by Gasteiger charge is 2.35. The van der Waals surface area contributed by atoms with Gasteiger partial charge in [-0.25, -0.2) is 15.0 Å². The Kier molecular flexibility index (Phi) is 7.64. The molecule has 1 aliphatic rings. The van der Waals surface area contributed by atoms with Gasteiger partial charge in [-0.1, -0.05) is 159 Å². The second-order valence-electron chi connectivity index (χ2n) is 17.9. The lowest BCUT2D eigenvalue weighted by molar-refractivity contribution is 0.660. The highest BCUT2D eigenvalue weighted by atomic mass is 16.3. The van der Waals surface area contributed by atoms with Crippen molar-refractivity contribution in [3.63, 3.8) is 0 Å². The topological polar surface area (TPSA) is 69.9 Å². The van der Waals surface area contributed by atoms with E-state index in [1.54, 1.807) is 0 Å². The van der Waals surface area contributed by atoms with Gasteiger partial charge in [0.15, 0.2) is 23.1 Å². The summed E-state index contributed by atoms with van der Waals surface area (Å²) in [6, 6.07) is 68.2. The number of hydrogen-bond donors (Lipinski definition) is 0. The van der Waals surface area contributed by atoms with Crippen molar-refractivity contribution in [2.75, 3.05) is 0 Å². The monoisotopic (exact) mass is 846 g/mol. The molecule has 4 heterocycles. The van der Waals surface area contributed by atoms with Crippen molar-refractivity contribution in [1.82, 2.24) is 19.5 Å². The van der Waals surface area contributed by atoms with E-state index in [1.807, 2.05) is 30.3 Å². The molecule has 66 heavy (non-hydrogen) atoms. The molecule has 0 fully saturated rings. The predicted octanol–water partition coefficient (Wildman–Crippen LogP) is 15.7. The van der Waals surface area contributed by atoms with Gasteiger partial charge in [0.2, 0.25) is 0 Å². The van der Waals surface area contributed by atoms with Gasteiger partial charge in [-0.15, -0.1) is 0 Å². The average molecular weight is 847 g/mol. The van der Waals surface area contributed by atoms with Crippen LogP contribution in [0, 0.1) is 0 Å². The molecule has 0 unspecified atom stereocenters. The van der Waals surface area contributed by atoms with Crippen molar-refractivity contribution >= 4 is 65.7 Å². The SMILES string of the molecule is CC1(C)c2ccccc2-c2ccc(-c3nc(-c4ccccc4)nc(-c4cccc5oc6ccc(-c7cccc8oc9c(-n%10c%11ccccc%11c%11ccccc%11%10)cccc9c78)cc6c45)n3)cc21. The number of furan rings is 2. The van der Waals surface area contributed by atoms with E-state index in [1.165, 1.54) is 33.0 Å². The fourth-order valence-electron chi connectivity index (χ4n) is 10.8. The van der Waals surface area contributed by atoms with Gasteiger partial charge in [-0.2, -0.15) is 0 Å². The highest BCUT2D eigenvalue weighted by molar-refractivity contribution is 6.18. The molecule has 0 radical (unpaired) electrons. The Morgan fingerprint density at radius 2 is 0.970 bits per heavy atom. The van der Waals surface area contributed by atoms with Gasteiger partial charge >= 0.3 is 0 Å². The molecule has 9 aromatic carbocycles. The quantitative estimate of drug-likeness (QED) is 0.173. The van der Waals surface area contributed by atoms with Crippen LogP contribution in [-0.2, 0) is 5.41 Å². The van der Waals surface area contributed by atoms with E-state index in [0.717, 1.165) is 88.4 Å². The number of aromatic nitrogens is 4. The van der Waals surface area contributed by atoms with Gasteiger partial charge in [0.05, 0.1) is 16.7 Å². The first-order valence-corrected chi connectivity index (χ1v) is 22.4. The van der Waals surface area contributed by atoms with Crippen LogP contribution in [0.25, 0.3) is 128 Å². The molecule has 1 aliphatic carbocycles. The van der Waals surface area contributed by atoms with Crippen molar-refractivity contribution in [3.05, 3.63) is 205 Å². The minimum absolute atomic E-state index is 0.166. The Morgan fingerprint density at radius 3 is 1.77 bits per heavy atom. The number of benzene rings is 9. The average Bonchev–Trinajstić information content (AvgIpc) is 4.10. The zero-order valence-electron chi connectivity index (χ0n) is 36.1. The van der Waals surface area contributed by atoms with E-state index in [4.69, 9.17) is 23.8 Å². The normalized spacial score (nSPS) is 13.1. The third kappa shape index (κ3) is 5.27. The van der Waals surface area contributed by atoms with Gasteiger partial charge in [0, 0.05) is 54.4 Å². The van der Waals surface area contributed by atoms with E-state index in [9.17, 15) is 0 Å². The molecule has 4 aromatic heterocycles. The van der Waals surface area contributed by atoms with Crippen molar-refractivity contribution in [2.45, 2.75) is 19.3 Å². The zero-order valence-corrected chi connectivity index (χ0v) is 36.1. The van der Waals surface area contributed by atoms with Crippen LogP contribution >= 0.6 is 0 Å². The summed E-state index contributed by atoms with van der Waals surface area (Å²) >= 11 is 0. The lowest BCUT2D eigenvalue weighted by atomic mass is 9.82. The Bertz CT molecular complexity index is 4100. The van der Waals surface area contributed by atoms with E-state index >= 15 is 0 Å². The van der Waals surface area contributed by atoms with Crippen LogP contribution in [0.3, 0.4) is 0 Å². The molecule has 14 rings (SSSR count). The standard InChI is InChI=1S/C60H38N4O2/c1-60(2)46-23-9-6-17-39(46)40-31-29-37(34-47(40)60)58-61-57(35-15-4-3-5-16-35)62-59(63-58)44-22-14-27-52-55(44)45-33-36(30-32-51(45)65-52)38-20-13-28-53-54(38)43-21-12-26-50(56(43)66-53)64-48-24-10-7-18-41(48)42-19-8-11-25-49(42)64/h3-34H,1-2H3. The fraction of sp³-hybridized carbons (Fsp3) is 0.0500. The Hall–Kier alpha value is -8.61. The maximum absolute atomic E-state index is 6.87. The van der Waals surface area contributed by atoms with Crippen LogP contribution in [0.1, 0.15) is 25.0 Å². The second-order valence-corrected chi connectivity index (χ2v) is 17.9. The largest absolute Gasteiger partial charge is 0.456 e. The molecule has 0 N–H and O–H groups in total. The van der Waals surface area contributed by atoms with Crippen molar-refractivity contribution in [1.29, 1.82) is 0 Å². The molecule has 0 amide bonds. The third-order valence-electron chi connectivity index (χ3n) is 13.9. The molecule has 0 bridgehead atoms. The summed E-state index contributed by atoms with van der Waals surface area (Å²) in [4.78, 5) is 15.7. The number of rotatable bonds is 5.